The van der Waals surface area contributed by atoms with E-state index in [-0.39, 0.29) is 11.5 Å². The van der Waals surface area contributed by atoms with Gasteiger partial charge in [0.1, 0.15) is 29.2 Å². The number of nitrogens with zero attached hydrogens (tertiary/aromatic N) is 2. The van der Waals surface area contributed by atoms with E-state index in [1.54, 1.807) is 56.7 Å². The Labute approximate surface area is 201 Å². The minimum atomic E-state index is -0.740. The van der Waals surface area contributed by atoms with Crippen LogP contribution < -0.4 is 16.4 Å². The lowest BCUT2D eigenvalue weighted by Crippen LogP contribution is -2.34. The molecule has 1 aliphatic carbocycles. The van der Waals surface area contributed by atoms with Gasteiger partial charge in [0, 0.05) is 32.5 Å². The van der Waals surface area contributed by atoms with Crippen molar-refractivity contribution in [1.29, 1.82) is 0 Å². The zero-order valence-corrected chi connectivity index (χ0v) is 19.4. The van der Waals surface area contributed by atoms with Gasteiger partial charge in [0.2, 0.25) is 6.41 Å². The van der Waals surface area contributed by atoms with Crippen molar-refractivity contribution in [1.82, 2.24) is 20.5 Å². The minimum absolute atomic E-state index is 0.174. The van der Waals surface area contributed by atoms with Crippen LogP contribution in [0.25, 0.3) is 11.3 Å². The number of hydrogen-bond donors (Lipinski definition) is 3. The van der Waals surface area contributed by atoms with E-state index in [1.807, 2.05) is 0 Å². The van der Waals surface area contributed by atoms with Gasteiger partial charge in [-0.25, -0.2) is 9.37 Å². The van der Waals surface area contributed by atoms with Gasteiger partial charge in [-0.1, -0.05) is 12.2 Å². The number of hydrogen-bond acceptors (Lipinski definition) is 8. The van der Waals surface area contributed by atoms with Crippen LogP contribution in [0, 0.1) is 0 Å². The molecule has 0 aromatic carbocycles. The molecule has 2 atom stereocenters. The first kappa shape index (κ1) is 25.5. The summed E-state index contributed by atoms with van der Waals surface area (Å²) in [5.74, 6) is 0.138. The van der Waals surface area contributed by atoms with Gasteiger partial charge < -0.3 is 25.1 Å². The topological polar surface area (TPSA) is 140 Å². The molecule has 3 amide bonds. The minimum Gasteiger partial charge on any atom is -0.459 e. The van der Waals surface area contributed by atoms with Crippen molar-refractivity contribution >= 4 is 24.0 Å². The van der Waals surface area contributed by atoms with Crippen LogP contribution in [-0.2, 0) is 19.1 Å². The van der Waals surface area contributed by atoms with Crippen LogP contribution in [0.15, 0.2) is 70.1 Å². The van der Waals surface area contributed by atoms with Gasteiger partial charge in [0.15, 0.2) is 0 Å². The molecular formula is C24H26FN5O5. The van der Waals surface area contributed by atoms with E-state index >= 15 is 0 Å². The van der Waals surface area contributed by atoms with Crippen molar-refractivity contribution in [3.63, 3.8) is 0 Å². The second kappa shape index (κ2) is 11.4. The van der Waals surface area contributed by atoms with Crippen LogP contribution in [0.3, 0.4) is 0 Å². The van der Waals surface area contributed by atoms with Crippen molar-refractivity contribution < 1.29 is 27.9 Å². The van der Waals surface area contributed by atoms with Gasteiger partial charge in [-0.3, -0.25) is 19.7 Å². The fourth-order valence-electron chi connectivity index (χ4n) is 3.53. The molecule has 0 radical (unpaired) electrons. The molecule has 1 aliphatic heterocycles. The summed E-state index contributed by atoms with van der Waals surface area (Å²) in [5, 5.41) is 4.86. The van der Waals surface area contributed by atoms with E-state index in [2.05, 4.69) is 15.6 Å². The molecule has 184 valence electrons. The molecule has 2 aliphatic rings. The number of ether oxygens (including phenoxy) is 1. The molecule has 0 spiro atoms. The molecule has 0 fully saturated rings. The number of rotatable bonds is 6. The third-order valence-corrected chi connectivity index (χ3v) is 5.33. The normalized spacial score (nSPS) is 17.7. The van der Waals surface area contributed by atoms with E-state index < -0.39 is 23.9 Å². The maximum absolute atomic E-state index is 13.7. The number of carbonyl (C=O) groups is 3. The number of likely N-dealkylation sites (N-methyl/N-ethyl adjacent to an activating group) is 2. The molecule has 10 nitrogen and oxygen atoms in total. The summed E-state index contributed by atoms with van der Waals surface area (Å²) < 4.78 is 24.3. The number of carbonyl (C=O) groups excluding carboxylic acids is 3. The molecule has 4 N–H and O–H groups in total. The number of nitrogens with one attached hydrogen (secondary N) is 2. The van der Waals surface area contributed by atoms with Gasteiger partial charge in [0.05, 0.1) is 11.7 Å². The first-order valence-corrected chi connectivity index (χ1v) is 10.6. The molecule has 4 rings (SSSR count). The van der Waals surface area contributed by atoms with Crippen molar-refractivity contribution in [3.8, 4) is 11.3 Å². The standard InChI is InChI=1S/C13H14N4O3.C11H12FNO2/c1-15-12(13(19)17-7-18)10-4-3-9(20-10)8-2-5-11(14)16-6-8;1-13-6-7-3-4-8(15-2)5-9(12)10(7)11(13)14/h2-7,12,15H,1H3,(H2,14,16)(H,17,18,19);3-5,8H,6H2,1-2H3. The van der Waals surface area contributed by atoms with Crippen LogP contribution in [0.4, 0.5) is 10.2 Å². The van der Waals surface area contributed by atoms with E-state index in [1.165, 1.54) is 18.1 Å². The number of nitrogens with two attached hydrogens (primary N) is 1. The van der Waals surface area contributed by atoms with Gasteiger partial charge in [-0.2, -0.15) is 0 Å². The zero-order valence-electron chi connectivity index (χ0n) is 19.4. The molecule has 0 bridgehead atoms. The molecule has 0 saturated heterocycles. The fourth-order valence-corrected chi connectivity index (χ4v) is 3.53. The zero-order chi connectivity index (χ0) is 25.5. The number of pyridine rings is 1. The van der Waals surface area contributed by atoms with Crippen molar-refractivity contribution in [2.24, 2.45) is 0 Å². The Hall–Kier alpha value is -4.09. The second-order valence-electron chi connectivity index (χ2n) is 7.66. The fraction of sp³-hybridized carbons (Fsp3) is 0.250. The number of amides is 3. The van der Waals surface area contributed by atoms with Crippen LogP contribution in [0.1, 0.15) is 11.8 Å². The average Bonchev–Trinajstić information content (AvgIpc) is 3.38. The van der Waals surface area contributed by atoms with Crippen LogP contribution in [0.5, 0.6) is 0 Å². The highest BCUT2D eigenvalue weighted by atomic mass is 19.1. The number of furan rings is 1. The summed E-state index contributed by atoms with van der Waals surface area (Å²) in [4.78, 5) is 39.1. The predicted octanol–water partition coefficient (Wildman–Crippen LogP) is 1.65. The van der Waals surface area contributed by atoms with Gasteiger partial charge in [-0.05, 0) is 43.0 Å². The first-order valence-electron chi connectivity index (χ1n) is 10.6. The lowest BCUT2D eigenvalue weighted by Gasteiger charge is -2.10. The predicted molar refractivity (Wildman–Crippen MR) is 126 cm³/mol. The molecule has 2 aromatic rings. The highest BCUT2D eigenvalue weighted by Crippen LogP contribution is 2.29. The number of methoxy groups -OCH3 is 1. The summed E-state index contributed by atoms with van der Waals surface area (Å²) in [7, 11) is 4.76. The maximum Gasteiger partial charge on any atom is 0.257 e. The first-order chi connectivity index (χ1) is 16.8. The van der Waals surface area contributed by atoms with Crippen molar-refractivity contribution in [2.45, 2.75) is 12.1 Å². The quantitative estimate of drug-likeness (QED) is 0.527. The Balaban J connectivity index is 0.000000203. The lowest BCUT2D eigenvalue weighted by atomic mass is 10.1. The SMILES string of the molecule is CNC(C(=O)NC=O)c1ccc(-c2ccc(N)nc2)o1.COC1C=CC2=C(C(=O)N(C)C2)C(F)=C1. The molecular weight excluding hydrogens is 457 g/mol. The van der Waals surface area contributed by atoms with Gasteiger partial charge in [0.25, 0.3) is 11.8 Å². The monoisotopic (exact) mass is 483 g/mol. The van der Waals surface area contributed by atoms with Crippen LogP contribution in [-0.4, -0.2) is 62.0 Å². The van der Waals surface area contributed by atoms with Gasteiger partial charge >= 0.3 is 0 Å². The van der Waals surface area contributed by atoms with Gasteiger partial charge in [-0.15, -0.1) is 0 Å². The number of nitrogen functional groups attached to an aromatic ring is 1. The van der Waals surface area contributed by atoms with E-state index in [9.17, 15) is 18.8 Å². The summed E-state index contributed by atoms with van der Waals surface area (Å²) in [6.07, 6.45) is 6.34. The average molecular weight is 484 g/mol. The Morgan fingerprint density at radius 1 is 1.37 bits per heavy atom. The van der Waals surface area contributed by atoms with E-state index in [0.717, 1.165) is 11.1 Å². The molecule has 2 aromatic heterocycles. The van der Waals surface area contributed by atoms with Crippen molar-refractivity contribution in [2.75, 3.05) is 33.5 Å². The molecule has 0 saturated carbocycles. The van der Waals surface area contributed by atoms with E-state index in [4.69, 9.17) is 14.9 Å². The Morgan fingerprint density at radius 3 is 2.77 bits per heavy atom. The highest BCUT2D eigenvalue weighted by Gasteiger charge is 2.31. The Bertz CT molecular complexity index is 1190. The summed E-state index contributed by atoms with van der Waals surface area (Å²) >= 11 is 0. The molecule has 3 heterocycles. The smallest absolute Gasteiger partial charge is 0.257 e. The lowest BCUT2D eigenvalue weighted by molar-refractivity contribution is -0.127. The summed E-state index contributed by atoms with van der Waals surface area (Å²) in [5.41, 5.74) is 7.15. The molecule has 2 unspecified atom stereocenters. The largest absolute Gasteiger partial charge is 0.459 e. The third-order valence-electron chi connectivity index (χ3n) is 5.33. The number of aromatic nitrogens is 1. The molecule has 11 heteroatoms. The Kier molecular flexibility index (Phi) is 8.29. The second-order valence-corrected chi connectivity index (χ2v) is 7.66. The van der Waals surface area contributed by atoms with Crippen LogP contribution in [0.2, 0.25) is 0 Å². The van der Waals surface area contributed by atoms with E-state index in [0.29, 0.717) is 30.3 Å². The molecule has 35 heavy (non-hydrogen) atoms. The van der Waals surface area contributed by atoms with Crippen molar-refractivity contribution in [3.05, 3.63) is 71.4 Å². The number of halogens is 1. The highest BCUT2D eigenvalue weighted by molar-refractivity contribution is 6.01. The summed E-state index contributed by atoms with van der Waals surface area (Å²) in [6.45, 7) is 0.461. The number of anilines is 1. The Morgan fingerprint density at radius 2 is 2.14 bits per heavy atom. The maximum atomic E-state index is 13.7. The number of imide groups is 1. The third kappa shape index (κ3) is 5.89. The van der Waals surface area contributed by atoms with Crippen LogP contribution >= 0.6 is 0 Å². The summed E-state index contributed by atoms with van der Waals surface area (Å²) in [6, 6.07) is 6.07.